The summed E-state index contributed by atoms with van der Waals surface area (Å²) in [5.41, 5.74) is 1.29. The van der Waals surface area contributed by atoms with Crippen molar-refractivity contribution in [3.8, 4) is 0 Å². The van der Waals surface area contributed by atoms with E-state index in [9.17, 15) is 13.2 Å². The standard InChI is InChI=1S/C19H28N2O4S/c1-4-5-13-25-16(3)19(22)20-18-14-17(10-9-15(18)2)26(23,24)21-11-7-6-8-12-21/h4,9-10,14,16H,1,5-8,11-13H2,2-3H3,(H,20,22). The average Bonchev–Trinajstić information content (AvgIpc) is 2.64. The second kappa shape index (κ2) is 9.30. The first-order valence-corrected chi connectivity index (χ1v) is 10.4. The van der Waals surface area contributed by atoms with Crippen LogP contribution in [0.1, 0.15) is 38.2 Å². The Balaban J connectivity index is 2.13. The molecule has 2 rings (SSSR count). The van der Waals surface area contributed by atoms with Gasteiger partial charge >= 0.3 is 0 Å². The molecule has 1 heterocycles. The normalized spacial score (nSPS) is 16.8. The molecule has 1 aliphatic heterocycles. The maximum absolute atomic E-state index is 12.8. The zero-order chi connectivity index (χ0) is 19.2. The number of hydrogen-bond donors (Lipinski definition) is 1. The summed E-state index contributed by atoms with van der Waals surface area (Å²) < 4.78 is 32.6. The molecule has 0 aliphatic carbocycles. The maximum Gasteiger partial charge on any atom is 0.253 e. The highest BCUT2D eigenvalue weighted by molar-refractivity contribution is 7.89. The molecule has 0 aromatic heterocycles. The van der Waals surface area contributed by atoms with Gasteiger partial charge in [-0.15, -0.1) is 6.58 Å². The first-order valence-electron chi connectivity index (χ1n) is 9.00. The van der Waals surface area contributed by atoms with Gasteiger partial charge < -0.3 is 10.1 Å². The molecule has 1 N–H and O–H groups in total. The molecule has 1 unspecified atom stereocenters. The Morgan fingerprint density at radius 3 is 2.69 bits per heavy atom. The van der Waals surface area contributed by atoms with Gasteiger partial charge in [-0.3, -0.25) is 4.79 Å². The summed E-state index contributed by atoms with van der Waals surface area (Å²) in [5.74, 6) is -0.301. The molecule has 1 saturated heterocycles. The maximum atomic E-state index is 12.8. The monoisotopic (exact) mass is 380 g/mol. The van der Waals surface area contributed by atoms with Gasteiger partial charge in [0.25, 0.3) is 5.91 Å². The predicted octanol–water partition coefficient (Wildman–Crippen LogP) is 3.09. The van der Waals surface area contributed by atoms with E-state index in [0.29, 0.717) is 31.8 Å². The highest BCUT2D eigenvalue weighted by atomic mass is 32.2. The lowest BCUT2D eigenvalue weighted by atomic mass is 10.2. The summed E-state index contributed by atoms with van der Waals surface area (Å²) in [6.07, 6.45) is 4.59. The fourth-order valence-corrected chi connectivity index (χ4v) is 4.33. The molecule has 7 heteroatoms. The van der Waals surface area contributed by atoms with Crippen LogP contribution in [-0.4, -0.2) is 44.4 Å². The summed E-state index contributed by atoms with van der Waals surface area (Å²) >= 11 is 0. The lowest BCUT2D eigenvalue weighted by Crippen LogP contribution is -2.35. The number of piperidine rings is 1. The lowest BCUT2D eigenvalue weighted by molar-refractivity contribution is -0.126. The molecular weight excluding hydrogens is 352 g/mol. The highest BCUT2D eigenvalue weighted by Crippen LogP contribution is 2.25. The Labute approximate surface area is 156 Å². The average molecular weight is 381 g/mol. The van der Waals surface area contributed by atoms with Crippen LogP contribution in [0.3, 0.4) is 0 Å². The van der Waals surface area contributed by atoms with Crippen LogP contribution in [0.25, 0.3) is 0 Å². The van der Waals surface area contributed by atoms with Crippen molar-refractivity contribution in [3.05, 3.63) is 36.4 Å². The Morgan fingerprint density at radius 2 is 2.04 bits per heavy atom. The number of benzene rings is 1. The number of sulfonamides is 1. The summed E-state index contributed by atoms with van der Waals surface area (Å²) in [4.78, 5) is 12.5. The molecule has 0 spiro atoms. The van der Waals surface area contributed by atoms with Crippen molar-refractivity contribution >= 4 is 21.6 Å². The van der Waals surface area contributed by atoms with Gasteiger partial charge in [0.2, 0.25) is 10.0 Å². The molecular formula is C19H28N2O4S. The van der Waals surface area contributed by atoms with Crippen LogP contribution in [-0.2, 0) is 19.6 Å². The van der Waals surface area contributed by atoms with Crippen molar-refractivity contribution in [2.75, 3.05) is 25.0 Å². The van der Waals surface area contributed by atoms with E-state index < -0.39 is 16.1 Å². The van der Waals surface area contributed by atoms with Crippen LogP contribution in [0, 0.1) is 6.92 Å². The van der Waals surface area contributed by atoms with Gasteiger partial charge in [0.1, 0.15) is 6.10 Å². The molecule has 0 saturated carbocycles. The topological polar surface area (TPSA) is 75.7 Å². The number of amides is 1. The third kappa shape index (κ3) is 5.16. The molecule has 26 heavy (non-hydrogen) atoms. The molecule has 144 valence electrons. The van der Waals surface area contributed by atoms with Crippen LogP contribution in [0.4, 0.5) is 5.69 Å². The number of aryl methyl sites for hydroxylation is 1. The molecule has 6 nitrogen and oxygen atoms in total. The van der Waals surface area contributed by atoms with Gasteiger partial charge in [0, 0.05) is 18.8 Å². The van der Waals surface area contributed by atoms with Crippen molar-refractivity contribution in [2.24, 2.45) is 0 Å². The Hall–Kier alpha value is -1.70. The van der Waals surface area contributed by atoms with E-state index in [1.165, 1.54) is 10.4 Å². The first kappa shape index (κ1) is 20.6. The SMILES string of the molecule is C=CCCOC(C)C(=O)Nc1cc(S(=O)(=O)N2CCCCC2)ccc1C. The van der Waals surface area contributed by atoms with E-state index in [-0.39, 0.29) is 10.8 Å². The molecule has 1 atom stereocenters. The number of ether oxygens (including phenoxy) is 1. The number of rotatable bonds is 8. The third-order valence-electron chi connectivity index (χ3n) is 4.48. The number of carbonyl (C=O) groups excluding carboxylic acids is 1. The van der Waals surface area contributed by atoms with E-state index in [4.69, 9.17) is 4.74 Å². The third-order valence-corrected chi connectivity index (χ3v) is 6.37. The number of hydrogen-bond acceptors (Lipinski definition) is 4. The molecule has 1 fully saturated rings. The summed E-state index contributed by atoms with van der Waals surface area (Å²) in [6, 6.07) is 4.85. The number of anilines is 1. The minimum absolute atomic E-state index is 0.209. The van der Waals surface area contributed by atoms with Crippen molar-refractivity contribution in [1.82, 2.24) is 4.31 Å². The zero-order valence-electron chi connectivity index (χ0n) is 15.5. The van der Waals surface area contributed by atoms with Crippen LogP contribution in [0.5, 0.6) is 0 Å². The van der Waals surface area contributed by atoms with Gasteiger partial charge in [-0.25, -0.2) is 8.42 Å². The molecule has 1 aromatic carbocycles. The van der Waals surface area contributed by atoms with Crippen molar-refractivity contribution in [2.45, 2.75) is 50.5 Å². The summed E-state index contributed by atoms with van der Waals surface area (Å²) in [6.45, 7) is 8.62. The Kier molecular flexibility index (Phi) is 7.37. The van der Waals surface area contributed by atoms with E-state index in [2.05, 4.69) is 11.9 Å². The Morgan fingerprint density at radius 1 is 1.35 bits per heavy atom. The number of nitrogens with one attached hydrogen (secondary N) is 1. The minimum Gasteiger partial charge on any atom is -0.368 e. The molecule has 1 amide bonds. The largest absolute Gasteiger partial charge is 0.368 e. The zero-order valence-corrected chi connectivity index (χ0v) is 16.3. The van der Waals surface area contributed by atoms with Gasteiger partial charge in [0.05, 0.1) is 11.5 Å². The van der Waals surface area contributed by atoms with Crippen LogP contribution < -0.4 is 5.32 Å². The van der Waals surface area contributed by atoms with Crippen LogP contribution >= 0.6 is 0 Å². The lowest BCUT2D eigenvalue weighted by Gasteiger charge is -2.26. The Bertz CT molecular complexity index is 740. The molecule has 0 bridgehead atoms. The predicted molar refractivity (Wildman–Crippen MR) is 103 cm³/mol. The van der Waals surface area contributed by atoms with Gasteiger partial charge in [0.15, 0.2) is 0 Å². The van der Waals surface area contributed by atoms with Crippen LogP contribution in [0.15, 0.2) is 35.7 Å². The van der Waals surface area contributed by atoms with Crippen molar-refractivity contribution in [3.63, 3.8) is 0 Å². The van der Waals surface area contributed by atoms with Gasteiger partial charge in [-0.1, -0.05) is 18.6 Å². The highest BCUT2D eigenvalue weighted by Gasteiger charge is 2.26. The number of carbonyl (C=O) groups is 1. The second-order valence-corrected chi connectivity index (χ2v) is 8.46. The van der Waals surface area contributed by atoms with E-state index >= 15 is 0 Å². The van der Waals surface area contributed by atoms with Gasteiger partial charge in [-0.2, -0.15) is 4.31 Å². The van der Waals surface area contributed by atoms with E-state index in [1.54, 1.807) is 25.1 Å². The second-order valence-electron chi connectivity index (χ2n) is 6.52. The van der Waals surface area contributed by atoms with E-state index in [0.717, 1.165) is 24.8 Å². The van der Waals surface area contributed by atoms with Crippen molar-refractivity contribution < 1.29 is 17.9 Å². The molecule has 1 aromatic rings. The molecule has 1 aliphatic rings. The first-order chi connectivity index (χ1) is 12.4. The van der Waals surface area contributed by atoms with E-state index in [1.807, 2.05) is 6.92 Å². The quantitative estimate of drug-likeness (QED) is 0.555. The number of nitrogens with zero attached hydrogens (tertiary/aromatic N) is 1. The van der Waals surface area contributed by atoms with Crippen molar-refractivity contribution in [1.29, 1.82) is 0 Å². The minimum atomic E-state index is -3.54. The van der Waals surface area contributed by atoms with Crippen LogP contribution in [0.2, 0.25) is 0 Å². The fourth-order valence-electron chi connectivity index (χ4n) is 2.79. The summed E-state index contributed by atoms with van der Waals surface area (Å²) in [7, 11) is -3.54. The summed E-state index contributed by atoms with van der Waals surface area (Å²) in [5, 5.41) is 2.78. The smallest absolute Gasteiger partial charge is 0.253 e. The van der Waals surface area contributed by atoms with Gasteiger partial charge in [-0.05, 0) is 50.8 Å². The fraction of sp³-hybridized carbons (Fsp3) is 0.526. The molecule has 0 radical (unpaired) electrons.